The monoisotopic (exact) mass is 618 g/mol. The van der Waals surface area contributed by atoms with Crippen molar-refractivity contribution < 1.29 is 14.2 Å². The highest BCUT2D eigenvalue weighted by Gasteiger charge is 2.45. The fourth-order valence-corrected chi connectivity index (χ4v) is 6.45. The summed E-state index contributed by atoms with van der Waals surface area (Å²) >= 11 is 12.8. The Bertz CT molecular complexity index is 1700. The first-order chi connectivity index (χ1) is 21.0. The molecule has 11 heteroatoms. The van der Waals surface area contributed by atoms with Crippen molar-refractivity contribution in [2.45, 2.75) is 18.4 Å². The number of benzene rings is 3. The van der Waals surface area contributed by atoms with Crippen LogP contribution in [-0.2, 0) is 28.9 Å². The van der Waals surface area contributed by atoms with Crippen LogP contribution in [0.15, 0.2) is 85.5 Å². The fraction of sp³-hybridized carbons (Fsp3) is 0.312. The van der Waals surface area contributed by atoms with Gasteiger partial charge in [-0.25, -0.2) is 9.97 Å². The Labute approximate surface area is 260 Å². The number of aromatic nitrogens is 4. The molecule has 0 amide bonds. The molecule has 2 aromatic heterocycles. The number of aryl methyl sites for hydroxylation is 1. The maximum atomic E-state index is 6.59. The quantitative estimate of drug-likeness (QED) is 0.219. The minimum absolute atomic E-state index is 0.286. The van der Waals surface area contributed by atoms with Crippen LogP contribution in [0, 0.1) is 0 Å². The first-order valence-electron chi connectivity index (χ1n) is 14.3. The highest BCUT2D eigenvalue weighted by atomic mass is 35.5. The van der Waals surface area contributed by atoms with E-state index in [0.717, 1.165) is 54.5 Å². The summed E-state index contributed by atoms with van der Waals surface area (Å²) in [6.45, 7) is 4.75. The van der Waals surface area contributed by atoms with Crippen LogP contribution in [0.5, 0.6) is 5.75 Å². The predicted molar refractivity (Wildman–Crippen MR) is 168 cm³/mol. The third-order valence-electron chi connectivity index (χ3n) is 8.11. The van der Waals surface area contributed by atoms with Crippen molar-refractivity contribution in [2.24, 2.45) is 7.05 Å². The van der Waals surface area contributed by atoms with E-state index in [2.05, 4.69) is 56.7 Å². The number of ether oxygens (including phenoxy) is 3. The van der Waals surface area contributed by atoms with Gasteiger partial charge >= 0.3 is 0 Å². The summed E-state index contributed by atoms with van der Waals surface area (Å²) in [5.41, 5.74) is 4.08. The summed E-state index contributed by atoms with van der Waals surface area (Å²) in [7, 11) is 2.09. The molecule has 0 unspecified atom stereocenters. The van der Waals surface area contributed by atoms with Gasteiger partial charge in [-0.1, -0.05) is 41.4 Å². The number of imidazole rings is 2. The zero-order valence-electron chi connectivity index (χ0n) is 23.8. The van der Waals surface area contributed by atoms with E-state index in [4.69, 9.17) is 42.4 Å². The number of fused-ring (bicyclic) bond motifs is 1. The number of para-hydroxylation sites is 2. The second-order valence-electron chi connectivity index (χ2n) is 10.9. The number of rotatable bonds is 8. The van der Waals surface area contributed by atoms with Crippen molar-refractivity contribution in [1.29, 1.82) is 0 Å². The summed E-state index contributed by atoms with van der Waals surface area (Å²) in [5.74, 6) is 0.724. The summed E-state index contributed by atoms with van der Waals surface area (Å²) in [4.78, 5) is 13.8. The molecular weight excluding hydrogens is 587 g/mol. The van der Waals surface area contributed by atoms with Crippen molar-refractivity contribution in [1.82, 2.24) is 19.1 Å². The molecule has 9 nitrogen and oxygen atoms in total. The minimum Gasteiger partial charge on any atom is -0.491 e. The van der Waals surface area contributed by atoms with E-state index in [1.54, 1.807) is 24.7 Å². The lowest BCUT2D eigenvalue weighted by Crippen LogP contribution is -2.47. The second-order valence-corrected chi connectivity index (χ2v) is 11.7. The first-order valence-corrected chi connectivity index (χ1v) is 15.1. The molecule has 0 bridgehead atoms. The van der Waals surface area contributed by atoms with Gasteiger partial charge in [0.05, 0.1) is 35.5 Å². The van der Waals surface area contributed by atoms with Crippen LogP contribution < -0.4 is 14.5 Å². The van der Waals surface area contributed by atoms with Gasteiger partial charge in [0.15, 0.2) is 0 Å². The van der Waals surface area contributed by atoms with Gasteiger partial charge in [-0.2, -0.15) is 0 Å². The lowest BCUT2D eigenvalue weighted by Gasteiger charge is -2.36. The second kappa shape index (κ2) is 11.7. The van der Waals surface area contributed by atoms with Gasteiger partial charge in [-0.3, -0.25) is 0 Å². The predicted octanol–water partition coefficient (Wildman–Crippen LogP) is 5.75. The van der Waals surface area contributed by atoms with E-state index >= 15 is 0 Å². The Hall–Kier alpha value is -3.76. The number of halogens is 2. The van der Waals surface area contributed by atoms with Crippen LogP contribution in [0.25, 0.3) is 11.0 Å². The summed E-state index contributed by atoms with van der Waals surface area (Å²) < 4.78 is 23.0. The first kappa shape index (κ1) is 28.0. The third kappa shape index (κ3) is 5.65. The highest BCUT2D eigenvalue weighted by Crippen LogP contribution is 2.40. The Morgan fingerprint density at radius 3 is 2.51 bits per heavy atom. The van der Waals surface area contributed by atoms with E-state index in [1.165, 1.54) is 5.69 Å². The van der Waals surface area contributed by atoms with Gasteiger partial charge < -0.3 is 33.1 Å². The molecule has 0 spiro atoms. The van der Waals surface area contributed by atoms with E-state index in [9.17, 15) is 0 Å². The number of hydrogen-bond acceptors (Lipinski definition) is 7. The summed E-state index contributed by atoms with van der Waals surface area (Å²) in [5, 5.41) is 1.04. The smallest absolute Gasteiger partial charge is 0.215 e. The number of piperazine rings is 1. The lowest BCUT2D eigenvalue weighted by molar-refractivity contribution is -0.189. The Kier molecular flexibility index (Phi) is 7.65. The molecule has 2 saturated heterocycles. The Balaban J connectivity index is 0.964. The van der Waals surface area contributed by atoms with Gasteiger partial charge in [0.2, 0.25) is 11.7 Å². The molecule has 2 aliphatic rings. The molecular formula is C32H32Cl2N6O3. The molecule has 2 aliphatic heterocycles. The van der Waals surface area contributed by atoms with Crippen LogP contribution in [0.3, 0.4) is 0 Å². The Morgan fingerprint density at radius 1 is 0.977 bits per heavy atom. The van der Waals surface area contributed by atoms with Gasteiger partial charge in [0, 0.05) is 61.9 Å². The highest BCUT2D eigenvalue weighted by molar-refractivity contribution is 6.35. The molecule has 0 aliphatic carbocycles. The molecule has 43 heavy (non-hydrogen) atoms. The normalized spacial score (nSPS) is 20.7. The molecule has 222 valence electrons. The van der Waals surface area contributed by atoms with Gasteiger partial charge in [0.25, 0.3) is 0 Å². The van der Waals surface area contributed by atoms with Crippen molar-refractivity contribution >= 4 is 45.9 Å². The Morgan fingerprint density at radius 2 is 1.77 bits per heavy atom. The van der Waals surface area contributed by atoms with Crippen LogP contribution in [0.2, 0.25) is 10.0 Å². The summed E-state index contributed by atoms with van der Waals surface area (Å²) in [6.07, 6.45) is 5.03. The van der Waals surface area contributed by atoms with Crippen LogP contribution in [0.1, 0.15) is 5.56 Å². The number of anilines is 2. The largest absolute Gasteiger partial charge is 0.491 e. The minimum atomic E-state index is -1.08. The van der Waals surface area contributed by atoms with Gasteiger partial charge in [-0.15, -0.1) is 0 Å². The average molecular weight is 620 g/mol. The SMILES string of the molecule is Cn1c(N2CCN(c3ccc(OC[C@@H]4CO[C@@](Cn5ccnc5)(c5ccc(Cl)cc5Cl)O4)cc3)CC2)nc2ccccc21. The number of hydrogen-bond donors (Lipinski definition) is 0. The van der Waals surface area contributed by atoms with Crippen molar-refractivity contribution in [3.8, 4) is 5.75 Å². The maximum Gasteiger partial charge on any atom is 0.215 e. The van der Waals surface area contributed by atoms with Crippen molar-refractivity contribution in [3.05, 3.63) is 101 Å². The average Bonchev–Trinajstić information content (AvgIpc) is 3.77. The molecule has 2 fully saturated rings. The fourth-order valence-electron chi connectivity index (χ4n) is 5.90. The molecule has 5 aromatic rings. The van der Waals surface area contributed by atoms with E-state index in [1.807, 2.05) is 35.0 Å². The van der Waals surface area contributed by atoms with Gasteiger partial charge in [0.1, 0.15) is 18.5 Å². The maximum absolute atomic E-state index is 6.59. The molecule has 0 saturated carbocycles. The topological polar surface area (TPSA) is 69.8 Å². The molecule has 7 rings (SSSR count). The molecule has 0 N–H and O–H groups in total. The third-order valence-corrected chi connectivity index (χ3v) is 8.66. The standard InChI is InChI=1S/C32H32Cl2N6O3/c1-37-30-5-3-2-4-29(30)36-31(37)40-16-14-39(15-17-40)24-7-9-25(10-8-24)41-19-26-20-42-32(43-26,21-38-13-12-35-22-38)27-11-6-23(33)18-28(27)34/h2-13,18,22,26H,14-17,19-21H2,1H3/t26-,32-/m1/s1. The van der Waals surface area contributed by atoms with Crippen LogP contribution in [0.4, 0.5) is 11.6 Å². The van der Waals surface area contributed by atoms with Gasteiger partial charge in [-0.05, 0) is 48.5 Å². The van der Waals surface area contributed by atoms with Crippen molar-refractivity contribution in [2.75, 3.05) is 49.2 Å². The van der Waals surface area contributed by atoms with Crippen LogP contribution in [-0.4, -0.2) is 64.6 Å². The molecule has 4 heterocycles. The zero-order valence-corrected chi connectivity index (χ0v) is 25.3. The van der Waals surface area contributed by atoms with Crippen molar-refractivity contribution in [3.63, 3.8) is 0 Å². The lowest BCUT2D eigenvalue weighted by atomic mass is 10.1. The molecule has 2 atom stereocenters. The molecule has 0 radical (unpaired) electrons. The summed E-state index contributed by atoms with van der Waals surface area (Å²) in [6, 6.07) is 21.9. The molecule has 3 aromatic carbocycles. The van der Waals surface area contributed by atoms with E-state index in [-0.39, 0.29) is 6.10 Å². The zero-order chi connectivity index (χ0) is 29.4. The van der Waals surface area contributed by atoms with E-state index < -0.39 is 5.79 Å². The number of nitrogens with zero attached hydrogens (tertiary/aromatic N) is 6. The van der Waals surface area contributed by atoms with E-state index in [0.29, 0.717) is 29.8 Å². The van der Waals surface area contributed by atoms with Crippen LogP contribution >= 0.6 is 23.2 Å².